The van der Waals surface area contributed by atoms with Gasteiger partial charge in [0.1, 0.15) is 0 Å². The standard InChI is InChI=1S/C36H45N3O4/c1-25(34(42)37-18-17-36(2,3)4)20-32(40)31(21-26-12-7-5-8-13-26)38-35(43)29-22-28(27-14-9-6-10-15-27)23-30(24-29)39-19-11-16-33(39)41/h5-10,12-15,22-25,31-32,40H,11,16-21H2,1-4H3,(H,37,42)(H,38,43)/t25-,31+,32+/m1/s1. The van der Waals surface area contributed by atoms with E-state index in [0.717, 1.165) is 29.5 Å². The predicted octanol–water partition coefficient (Wildman–Crippen LogP) is 5.76. The first kappa shape index (κ1) is 32.0. The Morgan fingerprint density at radius 3 is 2.26 bits per heavy atom. The molecule has 3 amide bonds. The van der Waals surface area contributed by atoms with Gasteiger partial charge in [0.25, 0.3) is 5.91 Å². The predicted molar refractivity (Wildman–Crippen MR) is 172 cm³/mol. The van der Waals surface area contributed by atoms with Crippen LogP contribution in [0.4, 0.5) is 5.69 Å². The van der Waals surface area contributed by atoms with Crippen molar-refractivity contribution in [1.29, 1.82) is 0 Å². The van der Waals surface area contributed by atoms with Gasteiger partial charge in [0.15, 0.2) is 0 Å². The molecule has 0 aromatic heterocycles. The van der Waals surface area contributed by atoms with Crippen molar-refractivity contribution in [2.75, 3.05) is 18.0 Å². The second-order valence-corrected chi connectivity index (χ2v) is 12.9. The molecule has 1 heterocycles. The lowest BCUT2D eigenvalue weighted by molar-refractivity contribution is -0.125. The van der Waals surface area contributed by atoms with Crippen molar-refractivity contribution in [2.45, 2.75) is 71.9 Å². The SMILES string of the molecule is C[C@H](C[C@H](O)[C@H](Cc1ccccc1)NC(=O)c1cc(-c2ccccc2)cc(N2CCCC2=O)c1)C(=O)NCCC(C)(C)C. The van der Waals surface area contributed by atoms with Gasteiger partial charge in [0.2, 0.25) is 11.8 Å². The number of hydrogen-bond donors (Lipinski definition) is 3. The number of nitrogens with one attached hydrogen (secondary N) is 2. The third kappa shape index (κ3) is 9.26. The van der Waals surface area contributed by atoms with Gasteiger partial charge in [-0.2, -0.15) is 0 Å². The third-order valence-electron chi connectivity index (χ3n) is 7.97. The number of carbonyl (C=O) groups is 3. The van der Waals surface area contributed by atoms with E-state index in [1.807, 2.05) is 72.8 Å². The van der Waals surface area contributed by atoms with E-state index in [-0.39, 0.29) is 29.6 Å². The molecule has 43 heavy (non-hydrogen) atoms. The summed E-state index contributed by atoms with van der Waals surface area (Å²) < 4.78 is 0. The van der Waals surface area contributed by atoms with Crippen LogP contribution in [-0.4, -0.2) is 48.1 Å². The number of aliphatic hydroxyl groups is 1. The minimum absolute atomic E-state index is 0.0451. The molecule has 0 aliphatic carbocycles. The molecule has 1 fully saturated rings. The smallest absolute Gasteiger partial charge is 0.251 e. The Kier molecular flexibility index (Phi) is 10.8. The first-order valence-electron chi connectivity index (χ1n) is 15.3. The number of carbonyl (C=O) groups excluding carboxylic acids is 3. The lowest BCUT2D eigenvalue weighted by atomic mass is 9.91. The van der Waals surface area contributed by atoms with E-state index in [1.165, 1.54) is 0 Å². The first-order valence-corrected chi connectivity index (χ1v) is 15.3. The molecule has 0 spiro atoms. The minimum atomic E-state index is -0.954. The number of nitrogens with zero attached hydrogens (tertiary/aromatic N) is 1. The Morgan fingerprint density at radius 1 is 0.953 bits per heavy atom. The van der Waals surface area contributed by atoms with Gasteiger partial charge in [-0.15, -0.1) is 0 Å². The maximum Gasteiger partial charge on any atom is 0.251 e. The van der Waals surface area contributed by atoms with E-state index in [1.54, 1.807) is 17.9 Å². The lowest BCUT2D eigenvalue weighted by Crippen LogP contribution is -2.46. The van der Waals surface area contributed by atoms with Gasteiger partial charge in [-0.1, -0.05) is 88.4 Å². The van der Waals surface area contributed by atoms with Crippen LogP contribution in [0.2, 0.25) is 0 Å². The summed E-state index contributed by atoms with van der Waals surface area (Å²) in [5.41, 5.74) is 3.96. The fraction of sp³-hybridized carbons (Fsp3) is 0.417. The average Bonchev–Trinajstić information content (AvgIpc) is 3.42. The largest absolute Gasteiger partial charge is 0.391 e. The molecule has 1 aliphatic rings. The van der Waals surface area contributed by atoms with Crippen molar-refractivity contribution in [1.82, 2.24) is 10.6 Å². The highest BCUT2D eigenvalue weighted by Crippen LogP contribution is 2.30. The number of anilines is 1. The Bertz CT molecular complexity index is 1380. The van der Waals surface area contributed by atoms with Crippen LogP contribution in [0.5, 0.6) is 0 Å². The highest BCUT2D eigenvalue weighted by Gasteiger charge is 2.28. The number of amides is 3. The molecule has 7 nitrogen and oxygen atoms in total. The Labute approximate surface area is 255 Å². The average molecular weight is 584 g/mol. The Hall–Kier alpha value is -3.97. The number of hydrogen-bond acceptors (Lipinski definition) is 4. The summed E-state index contributed by atoms with van der Waals surface area (Å²) in [7, 11) is 0. The minimum Gasteiger partial charge on any atom is -0.391 e. The zero-order valence-corrected chi connectivity index (χ0v) is 25.8. The highest BCUT2D eigenvalue weighted by molar-refractivity contribution is 6.00. The zero-order chi connectivity index (χ0) is 31.0. The van der Waals surface area contributed by atoms with Gasteiger partial charge < -0.3 is 20.6 Å². The van der Waals surface area contributed by atoms with Gasteiger partial charge in [-0.3, -0.25) is 14.4 Å². The van der Waals surface area contributed by atoms with Crippen molar-refractivity contribution in [3.63, 3.8) is 0 Å². The molecule has 3 aromatic carbocycles. The number of benzene rings is 3. The third-order valence-corrected chi connectivity index (χ3v) is 7.97. The molecule has 3 N–H and O–H groups in total. The van der Waals surface area contributed by atoms with Gasteiger partial charge in [0, 0.05) is 36.7 Å². The monoisotopic (exact) mass is 583 g/mol. The van der Waals surface area contributed by atoms with E-state index in [9.17, 15) is 19.5 Å². The van der Waals surface area contributed by atoms with E-state index in [2.05, 4.69) is 31.4 Å². The van der Waals surface area contributed by atoms with Crippen LogP contribution >= 0.6 is 0 Å². The normalized spacial score (nSPS) is 15.6. The summed E-state index contributed by atoms with van der Waals surface area (Å²) >= 11 is 0. The summed E-state index contributed by atoms with van der Waals surface area (Å²) in [6.45, 7) is 9.38. The molecule has 0 radical (unpaired) electrons. The second-order valence-electron chi connectivity index (χ2n) is 12.9. The van der Waals surface area contributed by atoms with Crippen LogP contribution in [0.3, 0.4) is 0 Å². The van der Waals surface area contributed by atoms with Crippen LogP contribution in [0, 0.1) is 11.3 Å². The molecule has 1 aliphatic heterocycles. The molecule has 0 saturated carbocycles. The molecule has 3 aromatic rings. The molecule has 0 unspecified atom stereocenters. The fourth-order valence-corrected chi connectivity index (χ4v) is 5.39. The summed E-state index contributed by atoms with van der Waals surface area (Å²) in [5, 5.41) is 17.4. The van der Waals surface area contributed by atoms with Crippen LogP contribution in [-0.2, 0) is 16.0 Å². The molecule has 3 atom stereocenters. The van der Waals surface area contributed by atoms with Crippen molar-refractivity contribution in [3.05, 3.63) is 90.0 Å². The maximum absolute atomic E-state index is 13.8. The first-order chi connectivity index (χ1) is 20.5. The van der Waals surface area contributed by atoms with E-state index < -0.39 is 18.1 Å². The summed E-state index contributed by atoms with van der Waals surface area (Å²) in [4.78, 5) is 41.0. The van der Waals surface area contributed by atoms with Crippen LogP contribution < -0.4 is 15.5 Å². The topological polar surface area (TPSA) is 98.7 Å². The Balaban J connectivity index is 1.56. The highest BCUT2D eigenvalue weighted by atomic mass is 16.3. The van der Waals surface area contributed by atoms with Gasteiger partial charge in [-0.05, 0) is 66.0 Å². The number of rotatable bonds is 12. The molecular formula is C36H45N3O4. The molecular weight excluding hydrogens is 538 g/mol. The summed E-state index contributed by atoms with van der Waals surface area (Å²) in [6, 6.07) is 24.4. The quantitative estimate of drug-likeness (QED) is 0.252. The lowest BCUT2D eigenvalue weighted by Gasteiger charge is -2.27. The van der Waals surface area contributed by atoms with Crippen molar-refractivity contribution >= 4 is 23.4 Å². The fourth-order valence-electron chi connectivity index (χ4n) is 5.39. The Morgan fingerprint density at radius 2 is 1.63 bits per heavy atom. The second kappa shape index (κ2) is 14.5. The molecule has 1 saturated heterocycles. The molecule has 7 heteroatoms. The maximum atomic E-state index is 13.8. The zero-order valence-electron chi connectivity index (χ0n) is 25.8. The van der Waals surface area contributed by atoms with Crippen molar-refractivity contribution in [2.24, 2.45) is 11.3 Å². The van der Waals surface area contributed by atoms with E-state index >= 15 is 0 Å². The molecule has 228 valence electrons. The van der Waals surface area contributed by atoms with Crippen molar-refractivity contribution in [3.8, 4) is 11.1 Å². The summed E-state index contributed by atoms with van der Waals surface area (Å²) in [6.07, 6.45) is 1.78. The number of aliphatic hydroxyl groups excluding tert-OH is 1. The molecule has 0 bridgehead atoms. The van der Waals surface area contributed by atoms with E-state index in [0.29, 0.717) is 37.2 Å². The van der Waals surface area contributed by atoms with Gasteiger partial charge >= 0.3 is 0 Å². The molecule has 4 rings (SSSR count). The van der Waals surface area contributed by atoms with Crippen LogP contribution in [0.25, 0.3) is 11.1 Å². The van der Waals surface area contributed by atoms with Crippen molar-refractivity contribution < 1.29 is 19.5 Å². The van der Waals surface area contributed by atoms with Gasteiger partial charge in [0.05, 0.1) is 12.1 Å². The van der Waals surface area contributed by atoms with Crippen LogP contribution in [0.1, 0.15) is 69.3 Å². The van der Waals surface area contributed by atoms with Crippen LogP contribution in [0.15, 0.2) is 78.9 Å². The van der Waals surface area contributed by atoms with E-state index in [4.69, 9.17) is 0 Å². The van der Waals surface area contributed by atoms with Gasteiger partial charge in [-0.25, -0.2) is 0 Å². The summed E-state index contributed by atoms with van der Waals surface area (Å²) in [5.74, 6) is -0.834.